The van der Waals surface area contributed by atoms with Gasteiger partial charge in [0, 0.05) is 59.5 Å². The van der Waals surface area contributed by atoms with Gasteiger partial charge in [-0.15, -0.1) is 0 Å². The van der Waals surface area contributed by atoms with Crippen LogP contribution in [0.4, 0.5) is 0 Å². The number of likely N-dealkylation sites (tertiary alicyclic amines) is 2. The van der Waals surface area contributed by atoms with Crippen molar-refractivity contribution < 1.29 is 43.1 Å². The summed E-state index contributed by atoms with van der Waals surface area (Å²) >= 11 is 0. The first-order chi connectivity index (χ1) is 35.6. The molecule has 0 radical (unpaired) electrons. The molecule has 7 rings (SSSR count). The predicted octanol–water partition coefficient (Wildman–Crippen LogP) is 3.10. The molecule has 1 aromatic heterocycles. The Labute approximate surface area is 433 Å². The summed E-state index contributed by atoms with van der Waals surface area (Å²) in [4.78, 5) is 110. The minimum atomic E-state index is -1.16. The lowest BCUT2D eigenvalue weighted by molar-refractivity contribution is -0.148. The summed E-state index contributed by atoms with van der Waals surface area (Å²) in [5.74, 6) is -4.21. The molecule has 0 spiro atoms. The van der Waals surface area contributed by atoms with Gasteiger partial charge in [-0.25, -0.2) is 4.98 Å². The van der Waals surface area contributed by atoms with E-state index in [0.29, 0.717) is 51.6 Å². The summed E-state index contributed by atoms with van der Waals surface area (Å²) in [6, 6.07) is 10.4. The number of benzene rings is 2. The van der Waals surface area contributed by atoms with Crippen molar-refractivity contribution in [3.8, 4) is 0 Å². The van der Waals surface area contributed by atoms with Gasteiger partial charge in [-0.05, 0) is 60.6 Å². The average molecular weight is 1020 g/mol. The molecular weight excluding hydrogens is 947 g/mol. The molecular formula is C54H75N11O9. The molecule has 1 aliphatic carbocycles. The number of carbonyl (C=O) groups excluding carboxylic acids is 7. The fraction of sp³-hybridized carbons (Fsp3) is 0.574. The molecule has 7 atom stereocenters. The largest absolute Gasteiger partial charge is 0.446 e. The minimum absolute atomic E-state index is 0.00973. The van der Waals surface area contributed by atoms with Crippen molar-refractivity contribution >= 4 is 47.3 Å². The van der Waals surface area contributed by atoms with Crippen LogP contribution in [0.1, 0.15) is 136 Å². The highest BCUT2D eigenvalue weighted by molar-refractivity contribution is 5.97. The van der Waals surface area contributed by atoms with Gasteiger partial charge in [-0.2, -0.15) is 0 Å². The summed E-state index contributed by atoms with van der Waals surface area (Å²) in [6.07, 6.45) is 9.51. The number of rotatable bonds is 19. The zero-order valence-corrected chi connectivity index (χ0v) is 43.2. The Balaban J connectivity index is 1.17. The third kappa shape index (κ3) is 13.3. The van der Waals surface area contributed by atoms with Crippen LogP contribution >= 0.6 is 0 Å². The Morgan fingerprint density at radius 3 is 2.16 bits per heavy atom. The number of hydrogen-bond acceptors (Lipinski definition) is 11. The number of nitrogens with zero attached hydrogens (tertiary/aromatic N) is 5. The van der Waals surface area contributed by atoms with Crippen molar-refractivity contribution in [2.45, 2.75) is 146 Å². The predicted molar refractivity (Wildman–Crippen MR) is 275 cm³/mol. The highest BCUT2D eigenvalue weighted by Crippen LogP contribution is 2.36. The fourth-order valence-electron chi connectivity index (χ4n) is 11.3. The number of nitrogens with one attached hydrogen (secondary N) is 5. The van der Waals surface area contributed by atoms with Gasteiger partial charge in [0.25, 0.3) is 5.91 Å². The zero-order valence-electron chi connectivity index (χ0n) is 43.2. The molecule has 3 aliphatic heterocycles. The van der Waals surface area contributed by atoms with E-state index in [-0.39, 0.29) is 55.3 Å². The first-order valence-corrected chi connectivity index (χ1v) is 26.4. The maximum Gasteiger partial charge on any atom is 0.275 e. The number of nitrogens with two attached hydrogens (primary N) is 1. The van der Waals surface area contributed by atoms with Crippen LogP contribution < -0.4 is 27.0 Å². The summed E-state index contributed by atoms with van der Waals surface area (Å²) in [7, 11) is 3.12. The van der Waals surface area contributed by atoms with E-state index < -0.39 is 90.1 Å². The number of carbonyl (C=O) groups is 7. The zero-order chi connectivity index (χ0) is 53.1. The van der Waals surface area contributed by atoms with E-state index in [1.165, 1.54) is 21.6 Å². The summed E-state index contributed by atoms with van der Waals surface area (Å²) < 4.78 is 5.56. The maximum absolute atomic E-state index is 15.5. The number of fused-ring (bicyclic) bond motifs is 1. The Hall–Kier alpha value is -6.83. The van der Waals surface area contributed by atoms with Crippen LogP contribution in [0.2, 0.25) is 0 Å². The Morgan fingerprint density at radius 2 is 1.51 bits per heavy atom. The summed E-state index contributed by atoms with van der Waals surface area (Å²) in [5.41, 5.74) is 8.36. The number of aromatic nitrogens is 1. The molecule has 0 unspecified atom stereocenters. The highest BCUT2D eigenvalue weighted by atomic mass is 16.3. The molecule has 74 heavy (non-hydrogen) atoms. The minimum Gasteiger partial charge on any atom is -0.446 e. The second kappa shape index (κ2) is 25.4. The van der Waals surface area contributed by atoms with Crippen molar-refractivity contribution in [1.29, 1.82) is 5.41 Å². The highest BCUT2D eigenvalue weighted by Gasteiger charge is 2.47. The molecule has 4 aliphatic rings. The number of oxazole rings is 1. The van der Waals surface area contributed by atoms with Crippen molar-refractivity contribution in [1.82, 2.24) is 45.9 Å². The SMILES string of the molecule is CCCC[C@H](NC(=O)[C@@H]1Cc2ccccc2CN1C(=O)[C@@H](NC(=O)[C@H](CC1CCCCC1)NC(C)=O)C1CCN(C(=N)N)CC1)C(=O)N1CC[C@H](c2ccccc2)[C@H]1C(=O)N[C@@H](CO)c1nc(C(=O)N(C)C)co1. The molecule has 1 saturated carbocycles. The molecule has 8 N–H and O–H groups in total. The van der Waals surface area contributed by atoms with Gasteiger partial charge in [0.2, 0.25) is 41.3 Å². The number of aliphatic hydroxyl groups is 1. The number of piperidine rings is 1. The third-order valence-electron chi connectivity index (χ3n) is 15.3. The topological polar surface area (TPSA) is 277 Å². The summed E-state index contributed by atoms with van der Waals surface area (Å²) in [5, 5.41) is 30.4. The molecule has 0 bridgehead atoms. The van der Waals surface area contributed by atoms with Gasteiger partial charge in [-0.1, -0.05) is 106 Å². The van der Waals surface area contributed by atoms with E-state index in [1.807, 2.05) is 61.5 Å². The van der Waals surface area contributed by atoms with Crippen LogP contribution in [-0.4, -0.2) is 148 Å². The Bertz CT molecular complexity index is 2470. The van der Waals surface area contributed by atoms with Gasteiger partial charge in [0.15, 0.2) is 11.7 Å². The molecule has 4 heterocycles. The molecule has 2 aromatic carbocycles. The third-order valence-corrected chi connectivity index (χ3v) is 15.3. The monoisotopic (exact) mass is 1020 g/mol. The van der Waals surface area contributed by atoms with Gasteiger partial charge in [-0.3, -0.25) is 39.0 Å². The number of guanidine groups is 1. The van der Waals surface area contributed by atoms with Gasteiger partial charge >= 0.3 is 0 Å². The van der Waals surface area contributed by atoms with E-state index >= 15 is 14.4 Å². The number of hydrogen-bond donors (Lipinski definition) is 7. The molecule has 7 amide bonds. The molecule has 3 aromatic rings. The quantitative estimate of drug-likeness (QED) is 0.0675. The second-order valence-corrected chi connectivity index (χ2v) is 20.6. The molecule has 3 fully saturated rings. The molecule has 20 heteroatoms. The summed E-state index contributed by atoms with van der Waals surface area (Å²) in [6.45, 7) is 3.69. The van der Waals surface area contributed by atoms with Crippen LogP contribution in [0.5, 0.6) is 0 Å². The van der Waals surface area contributed by atoms with E-state index in [0.717, 1.165) is 55.1 Å². The average Bonchev–Trinajstić information content (AvgIpc) is 4.09. The van der Waals surface area contributed by atoms with Crippen molar-refractivity contribution in [3.63, 3.8) is 0 Å². The second-order valence-electron chi connectivity index (χ2n) is 20.6. The van der Waals surface area contributed by atoms with Gasteiger partial charge in [0.1, 0.15) is 42.5 Å². The van der Waals surface area contributed by atoms with Crippen LogP contribution in [0, 0.1) is 17.2 Å². The van der Waals surface area contributed by atoms with Gasteiger partial charge in [0.05, 0.1) is 6.61 Å². The lowest BCUT2D eigenvalue weighted by atomic mass is 9.84. The van der Waals surface area contributed by atoms with E-state index in [1.54, 1.807) is 19.0 Å². The van der Waals surface area contributed by atoms with Crippen molar-refractivity contribution in [2.24, 2.45) is 17.6 Å². The smallest absolute Gasteiger partial charge is 0.275 e. The van der Waals surface area contributed by atoms with Crippen LogP contribution in [0.25, 0.3) is 0 Å². The molecule has 400 valence electrons. The van der Waals surface area contributed by atoms with Crippen LogP contribution in [-0.2, 0) is 41.7 Å². The number of aliphatic hydroxyl groups excluding tert-OH is 1. The van der Waals surface area contributed by atoms with Crippen molar-refractivity contribution in [2.75, 3.05) is 40.3 Å². The van der Waals surface area contributed by atoms with Crippen LogP contribution in [0.15, 0.2) is 65.3 Å². The van der Waals surface area contributed by atoms with E-state index in [2.05, 4.69) is 26.3 Å². The first kappa shape index (κ1) is 54.9. The molecule has 20 nitrogen and oxygen atoms in total. The van der Waals surface area contributed by atoms with E-state index in [4.69, 9.17) is 15.6 Å². The fourth-order valence-corrected chi connectivity index (χ4v) is 11.3. The van der Waals surface area contributed by atoms with Crippen molar-refractivity contribution in [3.05, 3.63) is 89.1 Å². The Kier molecular flexibility index (Phi) is 18.9. The van der Waals surface area contributed by atoms with E-state index in [9.17, 15) is 24.3 Å². The lowest BCUT2D eigenvalue weighted by Gasteiger charge is -2.42. The van der Waals surface area contributed by atoms with Gasteiger partial charge < -0.3 is 56.1 Å². The Morgan fingerprint density at radius 1 is 0.824 bits per heavy atom. The maximum atomic E-state index is 15.5. The number of unbranched alkanes of at least 4 members (excludes halogenated alkanes) is 1. The normalized spacial score (nSPS) is 20.8. The lowest BCUT2D eigenvalue weighted by Crippen LogP contribution is -2.63. The molecule has 2 saturated heterocycles. The number of amides is 7. The first-order valence-electron chi connectivity index (χ1n) is 26.4. The standard InChI is InChI=1S/C54H75N11O9/c1-5-6-21-40(52(72)64-27-24-39(35-17-11-8-12-18-35)46(64)49(70)59-42(31-66)50-60-43(32-74-50)51(71)62(3)4)58-48(69)44-29-37-19-13-14-20-38(37)30-65(44)53(73)45(36-22-25-63(26-23-36)54(55)56)61-47(68)41(57-33(2)67)28-34-15-9-7-10-16-34/h8,11-14,17-20,32,34,36,39-42,44-46,66H,5-7,9-10,15-16,21-31H2,1-4H3,(H3,55,56)(H,57,67)(H,58,69)(H,59,70)(H,61,68)/t39-,40+,41+,42+,44+,45+,46+/m1/s1. The van der Waals surface area contributed by atoms with Crippen LogP contribution in [0.3, 0.4) is 0 Å².